The molecular weight excluding hydrogens is 270 g/mol. The largest absolute Gasteiger partial charge is 0.363 e. The Labute approximate surface area is 124 Å². The third-order valence-electron chi connectivity index (χ3n) is 3.40. The number of aryl methyl sites for hydroxylation is 1. The second kappa shape index (κ2) is 6.51. The summed E-state index contributed by atoms with van der Waals surface area (Å²) < 4.78 is 0. The molecule has 1 aliphatic heterocycles. The zero-order chi connectivity index (χ0) is 15.4. The molecular formula is C14H21N5O2. The van der Waals surface area contributed by atoms with Crippen LogP contribution in [0.2, 0.25) is 0 Å². The number of anilines is 1. The first-order valence-corrected chi connectivity index (χ1v) is 7.02. The molecule has 1 saturated heterocycles. The highest BCUT2D eigenvalue weighted by atomic mass is 16.2. The molecule has 2 amide bonds. The standard InChI is InChI=1S/C14H21N5O2/c1-9-6-12(19(2)3)18-11(17-9)8-16-14(21)10-4-5-13(20)15-7-10/h6,10H,4-5,7-8H2,1-3H3,(H,15,20)(H,16,21). The van der Waals surface area contributed by atoms with Gasteiger partial charge in [0.2, 0.25) is 11.8 Å². The van der Waals surface area contributed by atoms with Crippen LogP contribution in [0.25, 0.3) is 0 Å². The van der Waals surface area contributed by atoms with Crippen LogP contribution in [0, 0.1) is 12.8 Å². The molecule has 0 saturated carbocycles. The monoisotopic (exact) mass is 291 g/mol. The Morgan fingerprint density at radius 1 is 1.48 bits per heavy atom. The van der Waals surface area contributed by atoms with Gasteiger partial charge in [-0.1, -0.05) is 0 Å². The van der Waals surface area contributed by atoms with Gasteiger partial charge >= 0.3 is 0 Å². The van der Waals surface area contributed by atoms with Crippen molar-refractivity contribution in [2.24, 2.45) is 5.92 Å². The number of amides is 2. The van der Waals surface area contributed by atoms with Gasteiger partial charge in [0, 0.05) is 38.8 Å². The number of aromatic nitrogens is 2. The van der Waals surface area contributed by atoms with Crippen molar-refractivity contribution in [2.45, 2.75) is 26.3 Å². The van der Waals surface area contributed by atoms with Crippen LogP contribution >= 0.6 is 0 Å². The Morgan fingerprint density at radius 3 is 2.86 bits per heavy atom. The van der Waals surface area contributed by atoms with Crippen LogP contribution in [-0.4, -0.2) is 42.4 Å². The molecule has 7 heteroatoms. The van der Waals surface area contributed by atoms with Gasteiger partial charge in [0.1, 0.15) is 11.6 Å². The maximum absolute atomic E-state index is 12.1. The maximum Gasteiger partial charge on any atom is 0.225 e. The summed E-state index contributed by atoms with van der Waals surface area (Å²) in [6.07, 6.45) is 0.999. The summed E-state index contributed by atoms with van der Waals surface area (Å²) in [6, 6.07) is 1.89. The highest BCUT2D eigenvalue weighted by Gasteiger charge is 2.24. The predicted molar refractivity (Wildman–Crippen MR) is 78.7 cm³/mol. The summed E-state index contributed by atoms with van der Waals surface area (Å²) in [7, 11) is 3.82. The Kier molecular flexibility index (Phi) is 4.72. The van der Waals surface area contributed by atoms with E-state index < -0.39 is 0 Å². The molecule has 2 heterocycles. The summed E-state index contributed by atoms with van der Waals surface area (Å²) in [5.74, 6) is 1.19. The van der Waals surface area contributed by atoms with Crippen LogP contribution in [0.1, 0.15) is 24.4 Å². The van der Waals surface area contributed by atoms with Crippen molar-refractivity contribution < 1.29 is 9.59 Å². The van der Waals surface area contributed by atoms with Crippen LogP contribution < -0.4 is 15.5 Å². The van der Waals surface area contributed by atoms with Crippen molar-refractivity contribution >= 4 is 17.6 Å². The molecule has 1 fully saturated rings. The molecule has 2 rings (SSSR count). The van der Waals surface area contributed by atoms with Crippen molar-refractivity contribution in [1.29, 1.82) is 0 Å². The van der Waals surface area contributed by atoms with E-state index in [1.165, 1.54) is 0 Å². The minimum absolute atomic E-state index is 0.0108. The summed E-state index contributed by atoms with van der Waals surface area (Å²) >= 11 is 0. The first kappa shape index (κ1) is 15.2. The van der Waals surface area contributed by atoms with Crippen molar-refractivity contribution in [3.05, 3.63) is 17.6 Å². The van der Waals surface area contributed by atoms with E-state index in [1.807, 2.05) is 32.0 Å². The van der Waals surface area contributed by atoms with Crippen molar-refractivity contribution in [1.82, 2.24) is 20.6 Å². The van der Waals surface area contributed by atoms with Gasteiger partial charge in [0.05, 0.1) is 12.5 Å². The van der Waals surface area contributed by atoms with Crippen LogP contribution in [0.4, 0.5) is 5.82 Å². The Hall–Kier alpha value is -2.18. The van der Waals surface area contributed by atoms with Crippen molar-refractivity contribution in [2.75, 3.05) is 25.5 Å². The second-order valence-corrected chi connectivity index (χ2v) is 5.44. The molecule has 0 radical (unpaired) electrons. The molecule has 0 spiro atoms. The second-order valence-electron chi connectivity index (χ2n) is 5.44. The van der Waals surface area contributed by atoms with E-state index in [9.17, 15) is 9.59 Å². The zero-order valence-corrected chi connectivity index (χ0v) is 12.6. The van der Waals surface area contributed by atoms with Crippen molar-refractivity contribution in [3.8, 4) is 0 Å². The quantitative estimate of drug-likeness (QED) is 0.815. The summed E-state index contributed by atoms with van der Waals surface area (Å²) in [4.78, 5) is 33.8. The van der Waals surface area contributed by atoms with Gasteiger partial charge in [-0.2, -0.15) is 0 Å². The first-order valence-electron chi connectivity index (χ1n) is 7.02. The predicted octanol–water partition coefficient (Wildman–Crippen LogP) is -0.00658. The normalized spacial score (nSPS) is 18.0. The molecule has 21 heavy (non-hydrogen) atoms. The van der Waals surface area contributed by atoms with Crippen LogP contribution in [-0.2, 0) is 16.1 Å². The van der Waals surface area contributed by atoms with Gasteiger partial charge in [-0.05, 0) is 13.3 Å². The first-order chi connectivity index (χ1) is 9.95. The molecule has 0 bridgehead atoms. The van der Waals surface area contributed by atoms with E-state index in [1.54, 1.807) is 0 Å². The topological polar surface area (TPSA) is 87.2 Å². The molecule has 1 atom stereocenters. The Morgan fingerprint density at radius 2 is 2.24 bits per heavy atom. The Balaban J connectivity index is 1.93. The zero-order valence-electron chi connectivity index (χ0n) is 12.6. The van der Waals surface area contributed by atoms with E-state index >= 15 is 0 Å². The maximum atomic E-state index is 12.1. The lowest BCUT2D eigenvalue weighted by molar-refractivity contribution is -0.129. The van der Waals surface area contributed by atoms with E-state index in [4.69, 9.17) is 0 Å². The molecule has 2 N–H and O–H groups in total. The fraction of sp³-hybridized carbons (Fsp3) is 0.571. The molecule has 1 aliphatic rings. The number of piperidine rings is 1. The minimum atomic E-state index is -0.166. The van der Waals surface area contributed by atoms with Gasteiger partial charge in [0.25, 0.3) is 0 Å². The number of rotatable bonds is 4. The lowest BCUT2D eigenvalue weighted by Gasteiger charge is -2.21. The third kappa shape index (κ3) is 4.14. The third-order valence-corrected chi connectivity index (χ3v) is 3.40. The smallest absolute Gasteiger partial charge is 0.225 e. The Bertz CT molecular complexity index is 534. The lowest BCUT2D eigenvalue weighted by atomic mass is 9.98. The average molecular weight is 291 g/mol. The fourth-order valence-electron chi connectivity index (χ4n) is 2.19. The van der Waals surface area contributed by atoms with Gasteiger partial charge in [-0.25, -0.2) is 9.97 Å². The van der Waals surface area contributed by atoms with Gasteiger partial charge in [-0.3, -0.25) is 9.59 Å². The highest BCUT2D eigenvalue weighted by molar-refractivity contribution is 5.83. The number of hydrogen-bond acceptors (Lipinski definition) is 5. The molecule has 0 aliphatic carbocycles. The lowest BCUT2D eigenvalue weighted by Crippen LogP contribution is -2.42. The van der Waals surface area contributed by atoms with Gasteiger partial charge < -0.3 is 15.5 Å². The van der Waals surface area contributed by atoms with E-state index in [0.717, 1.165) is 11.5 Å². The van der Waals surface area contributed by atoms with Crippen LogP contribution in [0.3, 0.4) is 0 Å². The number of nitrogens with zero attached hydrogens (tertiary/aromatic N) is 3. The summed E-state index contributed by atoms with van der Waals surface area (Å²) in [6.45, 7) is 2.60. The van der Waals surface area contributed by atoms with Crippen molar-refractivity contribution in [3.63, 3.8) is 0 Å². The van der Waals surface area contributed by atoms with E-state index in [2.05, 4.69) is 20.6 Å². The number of hydrogen-bond donors (Lipinski definition) is 2. The molecule has 0 aromatic carbocycles. The van der Waals surface area contributed by atoms with E-state index in [-0.39, 0.29) is 17.7 Å². The molecule has 1 aromatic heterocycles. The van der Waals surface area contributed by atoms with E-state index in [0.29, 0.717) is 31.8 Å². The summed E-state index contributed by atoms with van der Waals surface area (Å²) in [5, 5.41) is 5.55. The van der Waals surface area contributed by atoms with Gasteiger partial charge in [-0.15, -0.1) is 0 Å². The average Bonchev–Trinajstić information content (AvgIpc) is 2.45. The molecule has 1 aromatic rings. The summed E-state index contributed by atoms with van der Waals surface area (Å²) in [5.41, 5.74) is 0.864. The molecule has 1 unspecified atom stereocenters. The van der Waals surface area contributed by atoms with Gasteiger partial charge in [0.15, 0.2) is 0 Å². The molecule has 7 nitrogen and oxygen atoms in total. The minimum Gasteiger partial charge on any atom is -0.363 e. The van der Waals surface area contributed by atoms with Crippen LogP contribution in [0.5, 0.6) is 0 Å². The number of carbonyl (C=O) groups excluding carboxylic acids is 2. The fourth-order valence-corrected chi connectivity index (χ4v) is 2.19. The number of nitrogens with one attached hydrogen (secondary N) is 2. The van der Waals surface area contributed by atoms with Crippen LogP contribution in [0.15, 0.2) is 6.07 Å². The SMILES string of the molecule is Cc1cc(N(C)C)nc(CNC(=O)C2CCC(=O)NC2)n1. The molecule has 114 valence electrons. The number of carbonyl (C=O) groups is 2. The highest BCUT2D eigenvalue weighted by Crippen LogP contribution is 2.12.